The highest BCUT2D eigenvalue weighted by Gasteiger charge is 2.42. The smallest absolute Gasteiger partial charge is 0.335 e. The molecule has 1 fully saturated rings. The second kappa shape index (κ2) is 5.00. The van der Waals surface area contributed by atoms with E-state index in [1.807, 2.05) is 12.3 Å². The molecule has 4 heterocycles. The number of H-pyrrole nitrogens is 1. The Morgan fingerprint density at radius 1 is 1.33 bits per heavy atom. The van der Waals surface area contributed by atoms with Crippen LogP contribution in [0.1, 0.15) is 23.7 Å². The highest BCUT2D eigenvalue weighted by Crippen LogP contribution is 2.46. The quantitative estimate of drug-likeness (QED) is 0.647. The van der Waals surface area contributed by atoms with Crippen LogP contribution in [0.5, 0.6) is 0 Å². The Morgan fingerprint density at radius 3 is 3.08 bits per heavy atom. The molecule has 1 aromatic heterocycles. The van der Waals surface area contributed by atoms with Crippen LogP contribution in [-0.2, 0) is 16.0 Å². The van der Waals surface area contributed by atoms with E-state index in [0.717, 1.165) is 25.0 Å². The molecule has 0 unspecified atom stereocenters. The van der Waals surface area contributed by atoms with Crippen molar-refractivity contribution in [3.63, 3.8) is 0 Å². The lowest BCUT2D eigenvalue weighted by atomic mass is 9.76. The van der Waals surface area contributed by atoms with Crippen molar-refractivity contribution in [3.05, 3.63) is 60.0 Å². The number of esters is 1. The Kier molecular flexibility index (Phi) is 2.90. The van der Waals surface area contributed by atoms with Gasteiger partial charge in [-0.2, -0.15) is 0 Å². The van der Waals surface area contributed by atoms with Gasteiger partial charge in [0.05, 0.1) is 18.2 Å². The molecule has 0 radical (unpaired) electrons. The van der Waals surface area contributed by atoms with Crippen molar-refractivity contribution in [2.45, 2.75) is 18.9 Å². The number of ether oxygens (including phenoxy) is 1. The minimum atomic E-state index is -0.154. The largest absolute Gasteiger partial charge is 0.462 e. The maximum Gasteiger partial charge on any atom is 0.335 e. The van der Waals surface area contributed by atoms with Crippen LogP contribution in [0, 0.1) is 11.8 Å². The normalized spacial score (nSPS) is 28.5. The molecule has 3 aliphatic rings. The van der Waals surface area contributed by atoms with Gasteiger partial charge < -0.3 is 14.6 Å². The van der Waals surface area contributed by atoms with Crippen LogP contribution < -0.4 is 0 Å². The highest BCUT2D eigenvalue weighted by molar-refractivity contribution is 5.90. The summed E-state index contributed by atoms with van der Waals surface area (Å²) in [5.41, 5.74) is 4.79. The van der Waals surface area contributed by atoms with Crippen molar-refractivity contribution in [2.24, 2.45) is 11.8 Å². The van der Waals surface area contributed by atoms with Crippen molar-refractivity contribution in [1.82, 2.24) is 9.88 Å². The number of benzene rings is 1. The minimum Gasteiger partial charge on any atom is -0.462 e. The first kappa shape index (κ1) is 13.9. The van der Waals surface area contributed by atoms with Crippen molar-refractivity contribution in [2.75, 3.05) is 13.2 Å². The summed E-state index contributed by atoms with van der Waals surface area (Å²) in [5, 5.41) is 1.34. The lowest BCUT2D eigenvalue weighted by Crippen LogP contribution is -2.43. The number of para-hydroxylation sites is 1. The zero-order chi connectivity index (χ0) is 16.3. The monoisotopic (exact) mass is 320 g/mol. The standard InChI is InChI=1S/C20H20N2O2/c1-2-12-11-24-20(23)16-10-22-8-7-14-13-5-3-4-6-17(13)21-19(14)18(22)9-15(12)16/h2-6,10,12,15,18,21H,1,7-9,11H2/t12-,15-,18+/m0/s1. The second-order valence-electron chi connectivity index (χ2n) is 6.99. The van der Waals surface area contributed by atoms with Gasteiger partial charge in [0.25, 0.3) is 0 Å². The minimum absolute atomic E-state index is 0.154. The number of nitrogens with zero attached hydrogens (tertiary/aromatic N) is 1. The first-order chi connectivity index (χ1) is 11.8. The molecule has 5 rings (SSSR count). The Morgan fingerprint density at radius 2 is 2.21 bits per heavy atom. The topological polar surface area (TPSA) is 45.3 Å². The summed E-state index contributed by atoms with van der Waals surface area (Å²) in [6.45, 7) is 5.34. The average molecular weight is 320 g/mol. The van der Waals surface area contributed by atoms with Gasteiger partial charge in [-0.25, -0.2) is 4.79 Å². The fraction of sp³-hybridized carbons (Fsp3) is 0.350. The van der Waals surface area contributed by atoms with Gasteiger partial charge in [-0.05, 0) is 24.5 Å². The predicted octanol–water partition coefficient (Wildman–Crippen LogP) is 3.33. The van der Waals surface area contributed by atoms with Gasteiger partial charge in [-0.1, -0.05) is 24.3 Å². The number of carbonyl (C=O) groups is 1. The van der Waals surface area contributed by atoms with E-state index in [1.165, 1.54) is 22.2 Å². The Balaban J connectivity index is 1.62. The van der Waals surface area contributed by atoms with E-state index in [4.69, 9.17) is 4.74 Å². The zero-order valence-electron chi connectivity index (χ0n) is 13.5. The summed E-state index contributed by atoms with van der Waals surface area (Å²) >= 11 is 0. The molecule has 0 amide bonds. The summed E-state index contributed by atoms with van der Waals surface area (Å²) in [5.74, 6) is 0.271. The van der Waals surface area contributed by atoms with E-state index >= 15 is 0 Å². The number of hydrogen-bond acceptors (Lipinski definition) is 3. The van der Waals surface area contributed by atoms with Gasteiger partial charge in [0.1, 0.15) is 0 Å². The Bertz CT molecular complexity index is 879. The molecule has 2 aromatic rings. The van der Waals surface area contributed by atoms with Gasteiger partial charge in [0, 0.05) is 41.2 Å². The van der Waals surface area contributed by atoms with Gasteiger partial charge in [-0.3, -0.25) is 0 Å². The third kappa shape index (κ3) is 1.83. The number of fused-ring (bicyclic) bond motifs is 6. The molecule has 0 spiro atoms. The third-order valence-electron chi connectivity index (χ3n) is 5.84. The average Bonchev–Trinajstić information content (AvgIpc) is 3.00. The second-order valence-corrected chi connectivity index (χ2v) is 6.99. The molecule has 122 valence electrons. The van der Waals surface area contributed by atoms with E-state index in [2.05, 4.69) is 40.7 Å². The van der Waals surface area contributed by atoms with Crippen molar-refractivity contribution >= 4 is 16.9 Å². The Labute approximate surface area is 140 Å². The SMILES string of the molecule is C=C[C@H]1COC(=O)C2=CN3CCc4c([nH]c5ccccc45)[C@H]3C[C@H]21. The number of cyclic esters (lactones) is 1. The molecule has 0 saturated carbocycles. The molecular formula is C20H20N2O2. The molecule has 3 atom stereocenters. The lowest BCUT2D eigenvalue weighted by Gasteiger charge is -2.44. The van der Waals surface area contributed by atoms with Crippen LogP contribution in [0.2, 0.25) is 0 Å². The summed E-state index contributed by atoms with van der Waals surface area (Å²) in [6, 6.07) is 8.84. The zero-order valence-corrected chi connectivity index (χ0v) is 13.5. The Hall–Kier alpha value is -2.49. The third-order valence-corrected chi connectivity index (χ3v) is 5.84. The molecule has 0 aliphatic carbocycles. The molecule has 1 saturated heterocycles. The van der Waals surface area contributed by atoms with Crippen LogP contribution in [-0.4, -0.2) is 29.0 Å². The fourth-order valence-corrected chi connectivity index (χ4v) is 4.60. The van der Waals surface area contributed by atoms with Crippen molar-refractivity contribution in [3.8, 4) is 0 Å². The van der Waals surface area contributed by atoms with Gasteiger partial charge >= 0.3 is 5.97 Å². The molecule has 1 aromatic carbocycles. The molecule has 1 N–H and O–H groups in total. The molecule has 4 nitrogen and oxygen atoms in total. The highest BCUT2D eigenvalue weighted by atomic mass is 16.5. The maximum absolute atomic E-state index is 12.2. The number of rotatable bonds is 1. The van der Waals surface area contributed by atoms with Crippen LogP contribution in [0.15, 0.2) is 48.7 Å². The van der Waals surface area contributed by atoms with E-state index in [9.17, 15) is 4.79 Å². The van der Waals surface area contributed by atoms with Crippen molar-refractivity contribution < 1.29 is 9.53 Å². The molecule has 3 aliphatic heterocycles. The van der Waals surface area contributed by atoms with Gasteiger partial charge in [0.15, 0.2) is 0 Å². The summed E-state index contributed by atoms with van der Waals surface area (Å²) in [4.78, 5) is 18.1. The van der Waals surface area contributed by atoms with E-state index in [-0.39, 0.29) is 17.8 Å². The number of nitrogens with one attached hydrogen (secondary N) is 1. The first-order valence-electron chi connectivity index (χ1n) is 8.63. The van der Waals surface area contributed by atoms with Crippen LogP contribution in [0.4, 0.5) is 0 Å². The van der Waals surface area contributed by atoms with Crippen LogP contribution in [0.25, 0.3) is 10.9 Å². The molecule has 0 bridgehead atoms. The fourth-order valence-electron chi connectivity index (χ4n) is 4.60. The summed E-state index contributed by atoms with van der Waals surface area (Å²) in [7, 11) is 0. The molecular weight excluding hydrogens is 300 g/mol. The number of carbonyl (C=O) groups excluding carboxylic acids is 1. The summed E-state index contributed by atoms with van der Waals surface area (Å²) < 4.78 is 5.34. The maximum atomic E-state index is 12.2. The van der Waals surface area contributed by atoms with Crippen molar-refractivity contribution in [1.29, 1.82) is 0 Å². The molecule has 24 heavy (non-hydrogen) atoms. The number of hydrogen-bond donors (Lipinski definition) is 1. The predicted molar refractivity (Wildman–Crippen MR) is 92.3 cm³/mol. The number of aromatic amines is 1. The van der Waals surface area contributed by atoms with E-state index in [1.54, 1.807) is 0 Å². The first-order valence-corrected chi connectivity index (χ1v) is 8.63. The van der Waals surface area contributed by atoms with E-state index < -0.39 is 0 Å². The molecule has 4 heteroatoms. The number of aromatic nitrogens is 1. The van der Waals surface area contributed by atoms with Gasteiger partial charge in [0.2, 0.25) is 0 Å². The van der Waals surface area contributed by atoms with Crippen LogP contribution in [0.3, 0.4) is 0 Å². The van der Waals surface area contributed by atoms with Crippen LogP contribution >= 0.6 is 0 Å². The lowest BCUT2D eigenvalue weighted by molar-refractivity contribution is -0.145. The van der Waals surface area contributed by atoms with Gasteiger partial charge in [-0.15, -0.1) is 6.58 Å². The summed E-state index contributed by atoms with van der Waals surface area (Å²) in [6.07, 6.45) is 5.93. The van der Waals surface area contributed by atoms with E-state index in [0.29, 0.717) is 12.6 Å².